The number of hydrogen-bond acceptors (Lipinski definition) is 6. The van der Waals surface area contributed by atoms with Gasteiger partial charge in [0.2, 0.25) is 0 Å². The van der Waals surface area contributed by atoms with E-state index in [0.29, 0.717) is 26.1 Å². The Labute approximate surface area is 151 Å². The first-order valence-electron chi connectivity index (χ1n) is 7.16. The number of nitrogens with zero attached hydrogens (tertiary/aromatic N) is 2. The minimum Gasteiger partial charge on any atom is -0.484 e. The van der Waals surface area contributed by atoms with Crippen molar-refractivity contribution in [2.24, 2.45) is 0 Å². The van der Waals surface area contributed by atoms with Gasteiger partial charge in [-0.1, -0.05) is 22.9 Å². The molecule has 128 valence electrons. The van der Waals surface area contributed by atoms with Crippen LogP contribution in [0.25, 0.3) is 10.2 Å². The number of hydrogen-bond donors (Lipinski definition) is 1. The summed E-state index contributed by atoms with van der Waals surface area (Å²) in [6.07, 6.45) is 0. The van der Waals surface area contributed by atoms with Gasteiger partial charge in [0, 0.05) is 17.2 Å². The summed E-state index contributed by atoms with van der Waals surface area (Å²) in [6.45, 7) is 1.66. The molecule has 0 radical (unpaired) electrons. The molecule has 0 saturated heterocycles. The molecule has 1 N–H and O–H groups in total. The minimum atomic E-state index is -0.473. The molecule has 0 bridgehead atoms. The van der Waals surface area contributed by atoms with E-state index in [1.165, 1.54) is 12.1 Å². The Bertz CT molecular complexity index is 973. The number of rotatable bonds is 5. The van der Waals surface area contributed by atoms with Crippen molar-refractivity contribution in [2.45, 2.75) is 6.92 Å². The van der Waals surface area contributed by atoms with Gasteiger partial charge in [0.25, 0.3) is 11.6 Å². The highest BCUT2D eigenvalue weighted by Gasteiger charge is 2.12. The number of amides is 1. The first-order valence-corrected chi connectivity index (χ1v) is 8.35. The second-order valence-electron chi connectivity index (χ2n) is 5.18. The van der Waals surface area contributed by atoms with Gasteiger partial charge in [-0.15, -0.1) is 0 Å². The number of ether oxygens (including phenoxy) is 1. The number of carbonyl (C=O) groups excluding carboxylic acids is 1. The van der Waals surface area contributed by atoms with Crippen LogP contribution in [0.15, 0.2) is 36.4 Å². The number of aromatic nitrogens is 1. The molecule has 3 aromatic rings. The van der Waals surface area contributed by atoms with Crippen LogP contribution in [0, 0.1) is 17.0 Å². The van der Waals surface area contributed by atoms with Gasteiger partial charge in [-0.25, -0.2) is 4.98 Å². The molecule has 9 heteroatoms. The molecular weight excluding hydrogens is 366 g/mol. The molecule has 1 aromatic heterocycles. The maximum Gasteiger partial charge on any atom is 0.270 e. The van der Waals surface area contributed by atoms with Crippen molar-refractivity contribution in [3.05, 3.63) is 57.1 Å². The molecule has 7 nitrogen and oxygen atoms in total. The van der Waals surface area contributed by atoms with Gasteiger partial charge in [0.05, 0.1) is 15.1 Å². The number of nitro groups is 1. The number of non-ortho nitro benzene ring substituents is 1. The molecule has 0 aliphatic rings. The molecule has 2 aromatic carbocycles. The highest BCUT2D eigenvalue weighted by atomic mass is 35.5. The fraction of sp³-hybridized carbons (Fsp3) is 0.125. The van der Waals surface area contributed by atoms with Crippen molar-refractivity contribution in [3.63, 3.8) is 0 Å². The van der Waals surface area contributed by atoms with E-state index in [4.69, 9.17) is 16.3 Å². The molecule has 0 saturated carbocycles. The van der Waals surface area contributed by atoms with Crippen molar-refractivity contribution in [1.29, 1.82) is 0 Å². The Morgan fingerprint density at radius 1 is 1.36 bits per heavy atom. The number of anilines is 1. The predicted octanol–water partition coefficient (Wildman–Crippen LogP) is 4.18. The summed E-state index contributed by atoms with van der Waals surface area (Å²) >= 11 is 7.10. The molecule has 0 atom stereocenters. The van der Waals surface area contributed by atoms with Crippen LogP contribution in [-0.2, 0) is 4.79 Å². The van der Waals surface area contributed by atoms with Crippen LogP contribution in [0.1, 0.15) is 5.56 Å². The van der Waals surface area contributed by atoms with E-state index in [9.17, 15) is 14.9 Å². The van der Waals surface area contributed by atoms with E-state index in [1.807, 2.05) is 6.92 Å². The second kappa shape index (κ2) is 7.04. The van der Waals surface area contributed by atoms with E-state index in [-0.39, 0.29) is 18.2 Å². The smallest absolute Gasteiger partial charge is 0.270 e. The number of thiazole rings is 1. The van der Waals surface area contributed by atoms with Crippen molar-refractivity contribution < 1.29 is 14.5 Å². The van der Waals surface area contributed by atoms with E-state index in [0.717, 1.165) is 16.9 Å². The molecule has 1 heterocycles. The number of benzene rings is 2. The summed E-state index contributed by atoms with van der Waals surface area (Å²) in [4.78, 5) is 26.5. The molecule has 1 amide bonds. The zero-order chi connectivity index (χ0) is 18.0. The van der Waals surface area contributed by atoms with Crippen molar-refractivity contribution in [2.75, 3.05) is 11.9 Å². The first-order chi connectivity index (χ1) is 11.9. The van der Waals surface area contributed by atoms with Crippen LogP contribution in [0.3, 0.4) is 0 Å². The zero-order valence-electron chi connectivity index (χ0n) is 13.0. The molecular formula is C16H12ClN3O4S. The van der Waals surface area contributed by atoms with E-state index in [1.54, 1.807) is 24.3 Å². The molecule has 0 aliphatic heterocycles. The van der Waals surface area contributed by atoms with Crippen LogP contribution < -0.4 is 10.1 Å². The Morgan fingerprint density at radius 3 is 2.88 bits per heavy atom. The van der Waals surface area contributed by atoms with Crippen LogP contribution in [0.2, 0.25) is 5.02 Å². The molecule has 3 rings (SSSR count). The third kappa shape index (κ3) is 4.04. The summed E-state index contributed by atoms with van der Waals surface area (Å²) in [5.74, 6) is 0.165. The molecule has 0 spiro atoms. The fourth-order valence-corrected chi connectivity index (χ4v) is 3.12. The van der Waals surface area contributed by atoms with Crippen LogP contribution in [-0.4, -0.2) is 22.4 Å². The van der Waals surface area contributed by atoms with Gasteiger partial charge >= 0.3 is 0 Å². The lowest BCUT2D eigenvalue weighted by Gasteiger charge is -2.07. The fourth-order valence-electron chi connectivity index (χ4n) is 2.09. The average Bonchev–Trinajstić information content (AvgIpc) is 2.97. The quantitative estimate of drug-likeness (QED) is 0.531. The molecule has 0 aliphatic carbocycles. The minimum absolute atomic E-state index is 0.0181. The Balaban J connectivity index is 1.65. The normalized spacial score (nSPS) is 10.6. The number of halogens is 1. The molecule has 0 unspecified atom stereocenters. The number of nitrogens with one attached hydrogen (secondary N) is 1. The second-order valence-corrected chi connectivity index (χ2v) is 6.61. The highest BCUT2D eigenvalue weighted by molar-refractivity contribution is 7.22. The lowest BCUT2D eigenvalue weighted by molar-refractivity contribution is -0.384. The van der Waals surface area contributed by atoms with Gasteiger partial charge in [0.15, 0.2) is 11.7 Å². The van der Waals surface area contributed by atoms with E-state index in [2.05, 4.69) is 10.3 Å². The average molecular weight is 378 g/mol. The van der Waals surface area contributed by atoms with Crippen LogP contribution >= 0.6 is 22.9 Å². The highest BCUT2D eigenvalue weighted by Crippen LogP contribution is 2.29. The number of carbonyl (C=O) groups is 1. The maximum atomic E-state index is 12.0. The van der Waals surface area contributed by atoms with Crippen LogP contribution in [0.5, 0.6) is 5.75 Å². The van der Waals surface area contributed by atoms with Crippen molar-refractivity contribution in [3.8, 4) is 5.75 Å². The summed E-state index contributed by atoms with van der Waals surface area (Å²) in [5.41, 5.74) is 1.42. The van der Waals surface area contributed by atoms with Gasteiger partial charge in [0.1, 0.15) is 5.75 Å². The summed E-state index contributed by atoms with van der Waals surface area (Å²) in [7, 11) is 0. The van der Waals surface area contributed by atoms with Crippen molar-refractivity contribution in [1.82, 2.24) is 4.98 Å². The summed E-state index contributed by atoms with van der Waals surface area (Å²) in [6, 6.07) is 9.47. The predicted molar refractivity (Wildman–Crippen MR) is 96.6 cm³/mol. The first kappa shape index (κ1) is 17.1. The van der Waals surface area contributed by atoms with Gasteiger partial charge in [-0.05, 0) is 36.8 Å². The standard InChI is InChI=1S/C16H12ClN3O4S/c1-9-6-11(3-4-12(9)17)24-8-15(21)19-16-18-13-5-2-10(20(22)23)7-14(13)25-16/h2-7H,8H2,1H3,(H,18,19,21). The van der Waals surface area contributed by atoms with E-state index >= 15 is 0 Å². The Kier molecular flexibility index (Phi) is 4.82. The van der Waals surface area contributed by atoms with Gasteiger partial charge in [-0.3, -0.25) is 20.2 Å². The lowest BCUT2D eigenvalue weighted by atomic mass is 10.2. The zero-order valence-corrected chi connectivity index (χ0v) is 14.6. The maximum absolute atomic E-state index is 12.0. The number of fused-ring (bicyclic) bond motifs is 1. The number of nitro benzene ring substituents is 1. The third-order valence-electron chi connectivity index (χ3n) is 3.33. The van der Waals surface area contributed by atoms with Gasteiger partial charge < -0.3 is 4.74 Å². The SMILES string of the molecule is Cc1cc(OCC(=O)Nc2nc3ccc([N+](=O)[O-])cc3s2)ccc1Cl. The monoisotopic (exact) mass is 377 g/mol. The third-order valence-corrected chi connectivity index (χ3v) is 4.69. The van der Waals surface area contributed by atoms with Gasteiger partial charge in [-0.2, -0.15) is 0 Å². The lowest BCUT2D eigenvalue weighted by Crippen LogP contribution is -2.20. The molecule has 25 heavy (non-hydrogen) atoms. The summed E-state index contributed by atoms with van der Waals surface area (Å²) in [5, 5.41) is 14.4. The van der Waals surface area contributed by atoms with Crippen molar-refractivity contribution >= 4 is 49.9 Å². The summed E-state index contributed by atoms with van der Waals surface area (Å²) < 4.78 is 6.04. The van der Waals surface area contributed by atoms with Crippen LogP contribution in [0.4, 0.5) is 10.8 Å². The Hall–Kier alpha value is -2.71. The number of aryl methyl sites for hydroxylation is 1. The van der Waals surface area contributed by atoms with E-state index < -0.39 is 4.92 Å². The largest absolute Gasteiger partial charge is 0.484 e. The topological polar surface area (TPSA) is 94.4 Å². The Morgan fingerprint density at radius 2 is 2.16 bits per heavy atom. The molecule has 0 fully saturated rings.